The van der Waals surface area contributed by atoms with Gasteiger partial charge in [0.2, 0.25) is 0 Å². The molecule has 0 saturated heterocycles. The third kappa shape index (κ3) is 3.38. The molecule has 3 heterocycles. The maximum absolute atomic E-state index is 12.4. The molecule has 3 aromatic heterocycles. The summed E-state index contributed by atoms with van der Waals surface area (Å²) in [5.74, 6) is -0.182. The van der Waals surface area contributed by atoms with Gasteiger partial charge in [-0.3, -0.25) is 14.5 Å². The average molecular weight is 340 g/mol. The Kier molecular flexibility index (Phi) is 4.76. The fraction of sp³-hybridized carbons (Fsp3) is 0.278. The monoisotopic (exact) mass is 340 g/mol. The van der Waals surface area contributed by atoms with E-state index in [2.05, 4.69) is 35.3 Å². The Bertz CT molecular complexity index is 851. The summed E-state index contributed by atoms with van der Waals surface area (Å²) in [4.78, 5) is 19.1. The number of rotatable bonds is 5. The summed E-state index contributed by atoms with van der Waals surface area (Å²) in [6.07, 6.45) is 1.72. The highest BCUT2D eigenvalue weighted by molar-refractivity contribution is 7.12. The number of aromatic nitrogens is 3. The van der Waals surface area contributed by atoms with Gasteiger partial charge in [0.25, 0.3) is 5.91 Å². The molecule has 0 aliphatic heterocycles. The van der Waals surface area contributed by atoms with Gasteiger partial charge in [0, 0.05) is 28.1 Å². The number of amides is 1. The molecule has 0 unspecified atom stereocenters. The second-order valence-corrected chi connectivity index (χ2v) is 7.02. The van der Waals surface area contributed by atoms with E-state index in [1.165, 1.54) is 9.75 Å². The van der Waals surface area contributed by atoms with Gasteiger partial charge in [0.1, 0.15) is 0 Å². The molecule has 24 heavy (non-hydrogen) atoms. The highest BCUT2D eigenvalue weighted by Gasteiger charge is 2.17. The van der Waals surface area contributed by atoms with Crippen molar-refractivity contribution < 1.29 is 4.79 Å². The average Bonchev–Trinajstić information content (AvgIpc) is 3.16. The van der Waals surface area contributed by atoms with Gasteiger partial charge in [-0.2, -0.15) is 5.10 Å². The van der Waals surface area contributed by atoms with Crippen molar-refractivity contribution in [2.45, 2.75) is 33.9 Å². The minimum absolute atomic E-state index is 0.182. The zero-order valence-corrected chi connectivity index (χ0v) is 14.9. The molecule has 0 radical (unpaired) electrons. The number of pyridine rings is 1. The lowest BCUT2D eigenvalue weighted by molar-refractivity contribution is 0.0944. The summed E-state index contributed by atoms with van der Waals surface area (Å²) in [5.41, 5.74) is 3.40. The third-order valence-electron chi connectivity index (χ3n) is 3.79. The van der Waals surface area contributed by atoms with E-state index >= 15 is 0 Å². The van der Waals surface area contributed by atoms with Crippen molar-refractivity contribution in [2.75, 3.05) is 0 Å². The Hall–Kier alpha value is -2.47. The predicted octanol–water partition coefficient (Wildman–Crippen LogP) is 3.57. The first-order chi connectivity index (χ1) is 11.6. The van der Waals surface area contributed by atoms with Crippen LogP contribution in [0.1, 0.15) is 32.9 Å². The first-order valence-electron chi connectivity index (χ1n) is 7.92. The third-order valence-corrected chi connectivity index (χ3v) is 4.75. The molecule has 1 amide bonds. The Morgan fingerprint density at radius 3 is 2.75 bits per heavy atom. The van der Waals surface area contributed by atoms with Crippen LogP contribution in [0.15, 0.2) is 36.5 Å². The van der Waals surface area contributed by atoms with E-state index in [9.17, 15) is 4.79 Å². The first kappa shape index (κ1) is 16.4. The van der Waals surface area contributed by atoms with E-state index in [0.29, 0.717) is 12.2 Å². The van der Waals surface area contributed by atoms with E-state index in [1.54, 1.807) is 17.5 Å². The van der Waals surface area contributed by atoms with Gasteiger partial charge in [-0.25, -0.2) is 0 Å². The number of thiophene rings is 1. The van der Waals surface area contributed by atoms with Crippen molar-refractivity contribution in [3.05, 3.63) is 57.7 Å². The predicted molar refractivity (Wildman–Crippen MR) is 96.1 cm³/mol. The molecular formula is C18H20N4OS. The fourth-order valence-corrected chi connectivity index (χ4v) is 3.57. The number of hydrogen-bond donors (Lipinski definition) is 1. The fourth-order valence-electron chi connectivity index (χ4n) is 2.63. The maximum Gasteiger partial charge on any atom is 0.272 e. The summed E-state index contributed by atoms with van der Waals surface area (Å²) in [7, 11) is 0. The van der Waals surface area contributed by atoms with Crippen molar-refractivity contribution in [1.82, 2.24) is 20.1 Å². The smallest absolute Gasteiger partial charge is 0.272 e. The number of nitrogens with zero attached hydrogens (tertiary/aromatic N) is 3. The SMILES string of the molecule is CCn1nc(C(=O)NCc2ccccn2)cc1-c1cc(C)sc1C. The van der Waals surface area contributed by atoms with Gasteiger partial charge < -0.3 is 5.32 Å². The molecule has 0 saturated carbocycles. The van der Waals surface area contributed by atoms with Crippen LogP contribution in [0, 0.1) is 13.8 Å². The van der Waals surface area contributed by atoms with Crippen LogP contribution >= 0.6 is 11.3 Å². The minimum atomic E-state index is -0.182. The van der Waals surface area contributed by atoms with Crippen LogP contribution in [0.25, 0.3) is 11.3 Å². The topological polar surface area (TPSA) is 59.8 Å². The molecule has 0 fully saturated rings. The van der Waals surface area contributed by atoms with Crippen LogP contribution in [0.2, 0.25) is 0 Å². The molecule has 0 aliphatic rings. The van der Waals surface area contributed by atoms with E-state index in [4.69, 9.17) is 0 Å². The molecule has 3 rings (SSSR count). The molecular weight excluding hydrogens is 320 g/mol. The Labute approximate surface area is 145 Å². The van der Waals surface area contributed by atoms with Gasteiger partial charge >= 0.3 is 0 Å². The van der Waals surface area contributed by atoms with Crippen molar-refractivity contribution >= 4 is 17.2 Å². The van der Waals surface area contributed by atoms with Crippen molar-refractivity contribution in [2.24, 2.45) is 0 Å². The highest BCUT2D eigenvalue weighted by Crippen LogP contribution is 2.31. The number of nitrogens with one attached hydrogen (secondary N) is 1. The normalized spacial score (nSPS) is 10.8. The van der Waals surface area contributed by atoms with Gasteiger partial charge in [-0.1, -0.05) is 6.07 Å². The quantitative estimate of drug-likeness (QED) is 0.772. The van der Waals surface area contributed by atoms with Crippen LogP contribution in [0.5, 0.6) is 0 Å². The molecule has 3 aromatic rings. The molecule has 1 N–H and O–H groups in total. The van der Waals surface area contributed by atoms with Gasteiger partial charge in [-0.05, 0) is 45.0 Å². The lowest BCUT2D eigenvalue weighted by Gasteiger charge is -2.03. The van der Waals surface area contributed by atoms with Crippen molar-refractivity contribution in [3.8, 4) is 11.3 Å². The molecule has 0 spiro atoms. The largest absolute Gasteiger partial charge is 0.345 e. The molecule has 0 bridgehead atoms. The van der Waals surface area contributed by atoms with Crippen LogP contribution < -0.4 is 5.32 Å². The molecule has 0 atom stereocenters. The van der Waals surface area contributed by atoms with Crippen LogP contribution in [-0.4, -0.2) is 20.7 Å². The van der Waals surface area contributed by atoms with E-state index < -0.39 is 0 Å². The van der Waals surface area contributed by atoms with Crippen molar-refractivity contribution in [3.63, 3.8) is 0 Å². The summed E-state index contributed by atoms with van der Waals surface area (Å²) in [6.45, 7) is 7.33. The summed E-state index contributed by atoms with van der Waals surface area (Å²) >= 11 is 1.76. The van der Waals surface area contributed by atoms with Gasteiger partial charge in [0.15, 0.2) is 5.69 Å². The maximum atomic E-state index is 12.4. The van der Waals surface area contributed by atoms with Gasteiger partial charge in [0.05, 0.1) is 17.9 Å². The Balaban J connectivity index is 1.81. The van der Waals surface area contributed by atoms with E-state index in [-0.39, 0.29) is 5.91 Å². The standard InChI is InChI=1S/C18H20N4OS/c1-4-22-17(15-9-12(2)24-13(15)3)10-16(21-22)18(23)20-11-14-7-5-6-8-19-14/h5-10H,4,11H2,1-3H3,(H,20,23). The van der Waals surface area contributed by atoms with Crippen LogP contribution in [-0.2, 0) is 13.1 Å². The minimum Gasteiger partial charge on any atom is -0.345 e. The zero-order chi connectivity index (χ0) is 17.1. The molecule has 0 aromatic carbocycles. The van der Waals surface area contributed by atoms with E-state index in [0.717, 1.165) is 23.5 Å². The lowest BCUT2D eigenvalue weighted by atomic mass is 10.1. The molecule has 0 aliphatic carbocycles. The molecule has 124 valence electrons. The Morgan fingerprint density at radius 2 is 2.12 bits per heavy atom. The van der Waals surface area contributed by atoms with E-state index in [1.807, 2.05) is 35.9 Å². The second-order valence-electron chi connectivity index (χ2n) is 5.56. The highest BCUT2D eigenvalue weighted by atomic mass is 32.1. The number of carbonyl (C=O) groups excluding carboxylic acids is 1. The molecule has 6 heteroatoms. The number of aryl methyl sites for hydroxylation is 3. The number of hydrogen-bond acceptors (Lipinski definition) is 4. The summed E-state index contributed by atoms with van der Waals surface area (Å²) in [6, 6.07) is 9.66. The lowest BCUT2D eigenvalue weighted by Crippen LogP contribution is -2.23. The Morgan fingerprint density at radius 1 is 1.29 bits per heavy atom. The molecule has 5 nitrogen and oxygen atoms in total. The summed E-state index contributed by atoms with van der Waals surface area (Å²) < 4.78 is 1.88. The zero-order valence-electron chi connectivity index (χ0n) is 14.0. The van der Waals surface area contributed by atoms with Crippen LogP contribution in [0.3, 0.4) is 0 Å². The summed E-state index contributed by atoms with van der Waals surface area (Å²) in [5, 5.41) is 7.33. The van der Waals surface area contributed by atoms with Gasteiger partial charge in [-0.15, -0.1) is 11.3 Å². The van der Waals surface area contributed by atoms with Crippen LogP contribution in [0.4, 0.5) is 0 Å². The number of carbonyl (C=O) groups is 1. The first-order valence-corrected chi connectivity index (χ1v) is 8.73. The van der Waals surface area contributed by atoms with Crippen molar-refractivity contribution in [1.29, 1.82) is 0 Å². The second kappa shape index (κ2) is 6.97.